The summed E-state index contributed by atoms with van der Waals surface area (Å²) < 4.78 is 4.95. The molecule has 7 atom stereocenters. The summed E-state index contributed by atoms with van der Waals surface area (Å²) in [5.74, 6) is -0.617. The highest BCUT2D eigenvalue weighted by Gasteiger charge is 2.64. The Bertz CT molecular complexity index is 819. The highest BCUT2D eigenvalue weighted by atomic mass is 16.5. The SMILES string of the molecule is CC(=O)OCC(=O)[C@H]1CC[C@H]2[C@@H]3CCC4=CC(=O)CC[C@]4(C)[C@H]3[C@@H](O)C[C@]12/C=N/O. The number of carbonyl (C=O) groups is 3. The molecule has 0 unspecified atom stereocenters. The Hall–Kier alpha value is -2.02. The Kier molecular flexibility index (Phi) is 5.37. The molecule has 3 saturated carbocycles. The van der Waals surface area contributed by atoms with Crippen LogP contribution in [0.2, 0.25) is 0 Å². The first-order valence-corrected chi connectivity index (χ1v) is 11.0. The van der Waals surface area contributed by atoms with E-state index in [0.717, 1.165) is 31.3 Å². The topological polar surface area (TPSA) is 113 Å². The lowest BCUT2D eigenvalue weighted by Crippen LogP contribution is -2.58. The third-order valence-corrected chi connectivity index (χ3v) is 8.61. The number of Topliss-reactive ketones (excluding diaryl/α,β-unsaturated/α-hetero) is 1. The fourth-order valence-electron chi connectivity index (χ4n) is 7.47. The Balaban J connectivity index is 1.68. The lowest BCUT2D eigenvalue weighted by atomic mass is 9.45. The van der Waals surface area contributed by atoms with Gasteiger partial charge in [-0.1, -0.05) is 12.5 Å². The van der Waals surface area contributed by atoms with E-state index in [0.29, 0.717) is 19.3 Å². The van der Waals surface area contributed by atoms with Gasteiger partial charge in [0.1, 0.15) is 6.61 Å². The van der Waals surface area contributed by atoms with Crippen LogP contribution in [0, 0.1) is 34.5 Å². The normalized spacial score (nSPS) is 42.8. The smallest absolute Gasteiger partial charge is 0.303 e. The summed E-state index contributed by atoms with van der Waals surface area (Å²) in [5.41, 5.74) is 0.218. The first-order chi connectivity index (χ1) is 14.2. The first kappa shape index (κ1) is 21.2. The van der Waals surface area contributed by atoms with Gasteiger partial charge in [-0.05, 0) is 67.8 Å². The van der Waals surface area contributed by atoms with E-state index in [-0.39, 0.29) is 41.3 Å². The molecule has 0 aromatic carbocycles. The van der Waals surface area contributed by atoms with Gasteiger partial charge in [0.15, 0.2) is 11.6 Å². The van der Waals surface area contributed by atoms with Crippen LogP contribution in [-0.4, -0.2) is 46.8 Å². The molecule has 7 nitrogen and oxygen atoms in total. The lowest BCUT2D eigenvalue weighted by molar-refractivity contribution is -0.150. The number of fused-ring (bicyclic) bond motifs is 5. The number of nitrogens with zero attached hydrogens (tertiary/aromatic N) is 1. The van der Waals surface area contributed by atoms with Crippen LogP contribution in [0.4, 0.5) is 0 Å². The number of ketones is 2. The largest absolute Gasteiger partial charge is 0.458 e. The fourth-order valence-corrected chi connectivity index (χ4v) is 7.47. The maximum absolute atomic E-state index is 12.9. The van der Waals surface area contributed by atoms with Crippen LogP contribution in [0.5, 0.6) is 0 Å². The summed E-state index contributed by atoms with van der Waals surface area (Å²) in [7, 11) is 0. The van der Waals surface area contributed by atoms with Crippen LogP contribution >= 0.6 is 0 Å². The van der Waals surface area contributed by atoms with Gasteiger partial charge in [-0.25, -0.2) is 0 Å². The number of esters is 1. The zero-order valence-electron chi connectivity index (χ0n) is 17.7. The number of hydrogen-bond donors (Lipinski definition) is 2. The number of oxime groups is 1. The molecule has 0 saturated heterocycles. The van der Waals surface area contributed by atoms with Gasteiger partial charge >= 0.3 is 5.97 Å². The fraction of sp³-hybridized carbons (Fsp3) is 0.739. The molecule has 2 N–H and O–H groups in total. The molecule has 0 aliphatic heterocycles. The van der Waals surface area contributed by atoms with Gasteiger partial charge in [-0.2, -0.15) is 0 Å². The number of hydrogen-bond acceptors (Lipinski definition) is 7. The molecular weight excluding hydrogens is 386 g/mol. The molecule has 164 valence electrons. The maximum Gasteiger partial charge on any atom is 0.303 e. The molecule has 0 spiro atoms. The van der Waals surface area contributed by atoms with Gasteiger partial charge in [0, 0.05) is 24.7 Å². The van der Waals surface area contributed by atoms with Crippen LogP contribution < -0.4 is 0 Å². The van der Waals surface area contributed by atoms with Crippen molar-refractivity contribution in [3.63, 3.8) is 0 Å². The maximum atomic E-state index is 12.9. The van der Waals surface area contributed by atoms with Gasteiger partial charge in [0.05, 0.1) is 12.3 Å². The molecule has 4 aliphatic carbocycles. The van der Waals surface area contributed by atoms with Crippen molar-refractivity contribution in [2.45, 2.75) is 64.9 Å². The van der Waals surface area contributed by atoms with E-state index in [9.17, 15) is 24.7 Å². The molecular formula is C23H31NO6. The Morgan fingerprint density at radius 1 is 1.30 bits per heavy atom. The summed E-state index contributed by atoms with van der Waals surface area (Å²) in [6.07, 6.45) is 7.32. The second-order valence-corrected chi connectivity index (χ2v) is 9.89. The predicted molar refractivity (Wildman–Crippen MR) is 108 cm³/mol. The Labute approximate surface area is 176 Å². The highest BCUT2D eigenvalue weighted by Crippen LogP contribution is 2.66. The third kappa shape index (κ3) is 3.13. The molecule has 0 aromatic rings. The van der Waals surface area contributed by atoms with Crippen LogP contribution in [0.1, 0.15) is 58.8 Å². The molecule has 0 aromatic heterocycles. The quantitative estimate of drug-likeness (QED) is 0.315. The van der Waals surface area contributed by atoms with Crippen LogP contribution in [0.25, 0.3) is 0 Å². The van der Waals surface area contributed by atoms with E-state index in [4.69, 9.17) is 4.74 Å². The zero-order chi connectivity index (χ0) is 21.7. The Morgan fingerprint density at radius 2 is 2.07 bits per heavy atom. The van der Waals surface area contributed by atoms with Crippen molar-refractivity contribution in [2.75, 3.05) is 6.61 Å². The van der Waals surface area contributed by atoms with E-state index in [1.165, 1.54) is 13.1 Å². The minimum Gasteiger partial charge on any atom is -0.458 e. The van der Waals surface area contributed by atoms with E-state index >= 15 is 0 Å². The van der Waals surface area contributed by atoms with Crippen molar-refractivity contribution < 1.29 is 29.4 Å². The van der Waals surface area contributed by atoms with E-state index < -0.39 is 23.4 Å². The van der Waals surface area contributed by atoms with Crippen molar-refractivity contribution in [2.24, 2.45) is 39.7 Å². The summed E-state index contributed by atoms with van der Waals surface area (Å²) in [5, 5.41) is 24.2. The van der Waals surface area contributed by atoms with Crippen LogP contribution in [0.3, 0.4) is 0 Å². The molecule has 4 aliphatic rings. The highest BCUT2D eigenvalue weighted by molar-refractivity contribution is 5.92. The van der Waals surface area contributed by atoms with Gasteiger partial charge < -0.3 is 15.1 Å². The monoisotopic (exact) mass is 417 g/mol. The summed E-state index contributed by atoms with van der Waals surface area (Å²) in [4.78, 5) is 36.1. The molecule has 7 heteroatoms. The van der Waals surface area contributed by atoms with Crippen molar-refractivity contribution in [1.82, 2.24) is 0 Å². The van der Waals surface area contributed by atoms with Crippen molar-refractivity contribution in [3.05, 3.63) is 11.6 Å². The van der Waals surface area contributed by atoms with Gasteiger partial charge in [0.2, 0.25) is 0 Å². The summed E-state index contributed by atoms with van der Waals surface area (Å²) >= 11 is 0. The minimum atomic E-state index is -0.728. The van der Waals surface area contributed by atoms with Gasteiger partial charge in [-0.15, -0.1) is 5.16 Å². The lowest BCUT2D eigenvalue weighted by Gasteiger charge is -2.59. The molecule has 0 bridgehead atoms. The van der Waals surface area contributed by atoms with Crippen LogP contribution in [0.15, 0.2) is 16.8 Å². The van der Waals surface area contributed by atoms with E-state index in [2.05, 4.69) is 12.1 Å². The molecule has 4 rings (SSSR count). The molecule has 0 amide bonds. The van der Waals surface area contributed by atoms with Gasteiger partial charge in [-0.3, -0.25) is 14.4 Å². The van der Waals surface area contributed by atoms with Crippen LogP contribution in [-0.2, 0) is 19.1 Å². The van der Waals surface area contributed by atoms with E-state index in [1.807, 2.05) is 0 Å². The number of carbonyl (C=O) groups excluding carboxylic acids is 3. The summed E-state index contributed by atoms with van der Waals surface area (Å²) in [6, 6.07) is 0. The van der Waals surface area contributed by atoms with Crippen molar-refractivity contribution in [1.29, 1.82) is 0 Å². The number of allylic oxidation sites excluding steroid dienone is 1. The number of aliphatic hydroxyl groups is 1. The molecule has 0 radical (unpaired) electrons. The average Bonchev–Trinajstić information content (AvgIpc) is 3.05. The second kappa shape index (κ2) is 7.59. The van der Waals surface area contributed by atoms with Crippen molar-refractivity contribution >= 4 is 23.8 Å². The standard InChI is InChI=1S/C23H31NO6/c1-13(25)30-11-20(28)18-6-5-17-16-4-3-14-9-15(26)7-8-22(14,2)21(16)19(27)10-23(17,18)12-24-29/h9,12,16-19,21,27,29H,3-8,10-11H2,1-2H3/b24-12+/t16-,17-,18+,19-,21+,22-,23+/m0/s1. The predicted octanol–water partition coefficient (Wildman–Crippen LogP) is 2.68. The molecule has 3 fully saturated rings. The van der Waals surface area contributed by atoms with E-state index in [1.54, 1.807) is 6.08 Å². The minimum absolute atomic E-state index is 0.0261. The van der Waals surface area contributed by atoms with Gasteiger partial charge in [0.25, 0.3) is 0 Å². The molecule has 30 heavy (non-hydrogen) atoms. The molecule has 0 heterocycles. The van der Waals surface area contributed by atoms with Crippen molar-refractivity contribution in [3.8, 4) is 0 Å². The number of aliphatic hydroxyl groups excluding tert-OH is 1. The average molecular weight is 418 g/mol. The second-order valence-electron chi connectivity index (χ2n) is 9.89. The number of rotatable bonds is 4. The summed E-state index contributed by atoms with van der Waals surface area (Å²) in [6.45, 7) is 3.16. The zero-order valence-corrected chi connectivity index (χ0v) is 17.7. The Morgan fingerprint density at radius 3 is 2.77 bits per heavy atom. The number of ether oxygens (including phenoxy) is 1. The third-order valence-electron chi connectivity index (χ3n) is 8.61. The first-order valence-electron chi connectivity index (χ1n) is 11.0.